The number of nitrogens with zero attached hydrogens (tertiary/aromatic N) is 4. The smallest absolute Gasteiger partial charge is 0.329 e. The Hall–Kier alpha value is -4.78. The van der Waals surface area contributed by atoms with E-state index in [1.54, 1.807) is 43.3 Å². The number of ether oxygens (including phenoxy) is 1. The lowest BCUT2D eigenvalue weighted by atomic mass is 10.1. The number of benzene rings is 1. The summed E-state index contributed by atoms with van der Waals surface area (Å²) in [5.41, 5.74) is 1.29. The molecule has 5 rings (SSSR count). The number of anilines is 1. The largest absolute Gasteiger partial charge is 0.438 e. The Morgan fingerprint density at radius 1 is 1.26 bits per heavy atom. The van der Waals surface area contributed by atoms with Crippen molar-refractivity contribution < 1.29 is 9.53 Å². The van der Waals surface area contributed by atoms with Gasteiger partial charge in [0.1, 0.15) is 23.0 Å². The summed E-state index contributed by atoms with van der Waals surface area (Å²) in [5.74, 6) is 0.361. The molecular formula is C25H20N6O4. The number of aromatic amines is 1. The molecule has 1 fully saturated rings. The maximum Gasteiger partial charge on any atom is 0.329 e. The Morgan fingerprint density at radius 3 is 2.77 bits per heavy atom. The van der Waals surface area contributed by atoms with E-state index < -0.39 is 17.2 Å². The lowest BCUT2D eigenvalue weighted by Gasteiger charge is -2.13. The molecule has 1 amide bonds. The van der Waals surface area contributed by atoms with Gasteiger partial charge in [-0.15, -0.1) is 0 Å². The fourth-order valence-corrected chi connectivity index (χ4v) is 3.82. The third-order valence-corrected chi connectivity index (χ3v) is 5.88. The van der Waals surface area contributed by atoms with E-state index in [1.165, 1.54) is 17.8 Å². The van der Waals surface area contributed by atoms with Crippen LogP contribution in [0.3, 0.4) is 0 Å². The molecule has 0 saturated heterocycles. The van der Waals surface area contributed by atoms with Crippen LogP contribution in [0.4, 0.5) is 5.69 Å². The van der Waals surface area contributed by atoms with Gasteiger partial charge in [-0.1, -0.05) is 0 Å². The number of amides is 1. The number of aryl methyl sites for hydroxylation is 2. The van der Waals surface area contributed by atoms with Gasteiger partial charge in [-0.3, -0.25) is 19.1 Å². The molecule has 0 spiro atoms. The Bertz CT molecular complexity index is 1660. The fraction of sp³-hybridized carbons (Fsp3) is 0.200. The second kappa shape index (κ2) is 8.53. The SMILES string of the molecule is Cc1cc(Oc2ncccc2C#N)ccc1NC(=O)c1cc(C2CC2)nc2c1c(=O)[nH]c(=O)n2C. The average Bonchev–Trinajstić information content (AvgIpc) is 3.69. The number of pyridine rings is 2. The van der Waals surface area contributed by atoms with Crippen LogP contribution >= 0.6 is 0 Å². The van der Waals surface area contributed by atoms with Gasteiger partial charge in [0, 0.05) is 30.5 Å². The highest BCUT2D eigenvalue weighted by Gasteiger charge is 2.28. The minimum absolute atomic E-state index is 0.0609. The minimum atomic E-state index is -0.660. The highest BCUT2D eigenvalue weighted by atomic mass is 16.5. The summed E-state index contributed by atoms with van der Waals surface area (Å²) in [6.45, 7) is 1.79. The standard InChI is InChI=1S/C25H20N6O4/c1-13-10-16(35-24-15(12-26)4-3-9-27-24)7-8-18(13)29-22(32)17-11-19(14-5-6-14)28-21-20(17)23(33)30-25(34)31(21)2/h3-4,7-11,14H,5-6H2,1-2H3,(H,29,32)(H,30,33,34). The Morgan fingerprint density at radius 2 is 2.06 bits per heavy atom. The molecule has 1 aromatic carbocycles. The average molecular weight is 468 g/mol. The molecular weight excluding hydrogens is 448 g/mol. The number of carbonyl (C=O) groups excluding carboxylic acids is 1. The van der Waals surface area contributed by atoms with Crippen LogP contribution in [0.15, 0.2) is 52.2 Å². The number of hydrogen-bond acceptors (Lipinski definition) is 7. The molecule has 0 aliphatic heterocycles. The van der Waals surface area contributed by atoms with Gasteiger partial charge in [-0.05, 0) is 61.7 Å². The van der Waals surface area contributed by atoms with Gasteiger partial charge in [0.05, 0.1) is 10.9 Å². The van der Waals surface area contributed by atoms with Crippen molar-refractivity contribution in [2.75, 3.05) is 5.32 Å². The molecule has 0 atom stereocenters. The van der Waals surface area contributed by atoms with E-state index in [9.17, 15) is 19.6 Å². The number of hydrogen-bond donors (Lipinski definition) is 2. The summed E-state index contributed by atoms with van der Waals surface area (Å²) in [6, 6.07) is 11.9. The molecule has 0 radical (unpaired) electrons. The fourth-order valence-electron chi connectivity index (χ4n) is 3.82. The van der Waals surface area contributed by atoms with Crippen LogP contribution in [-0.2, 0) is 7.05 Å². The molecule has 35 heavy (non-hydrogen) atoms. The van der Waals surface area contributed by atoms with E-state index >= 15 is 0 Å². The summed E-state index contributed by atoms with van der Waals surface area (Å²) in [4.78, 5) is 48.9. The summed E-state index contributed by atoms with van der Waals surface area (Å²) in [6.07, 6.45) is 3.42. The van der Waals surface area contributed by atoms with Gasteiger partial charge < -0.3 is 10.1 Å². The molecule has 1 aliphatic rings. The van der Waals surface area contributed by atoms with Crippen LogP contribution in [0, 0.1) is 18.3 Å². The zero-order valence-electron chi connectivity index (χ0n) is 19.0. The zero-order valence-corrected chi connectivity index (χ0v) is 19.0. The van der Waals surface area contributed by atoms with Crippen molar-refractivity contribution in [1.29, 1.82) is 5.26 Å². The lowest BCUT2D eigenvalue weighted by molar-refractivity contribution is 0.102. The normalized spacial score (nSPS) is 12.8. The van der Waals surface area contributed by atoms with E-state index in [2.05, 4.69) is 20.3 Å². The number of carbonyl (C=O) groups is 1. The maximum absolute atomic E-state index is 13.3. The number of nitriles is 1. The van der Waals surface area contributed by atoms with Gasteiger partial charge in [0.25, 0.3) is 11.5 Å². The molecule has 10 nitrogen and oxygen atoms in total. The first-order chi connectivity index (χ1) is 16.9. The van der Waals surface area contributed by atoms with Crippen LogP contribution in [0.25, 0.3) is 11.0 Å². The number of fused-ring (bicyclic) bond motifs is 1. The molecule has 0 unspecified atom stereocenters. The molecule has 10 heteroatoms. The van der Waals surface area contributed by atoms with Crippen molar-refractivity contribution in [3.63, 3.8) is 0 Å². The first-order valence-electron chi connectivity index (χ1n) is 10.9. The molecule has 3 aromatic heterocycles. The van der Waals surface area contributed by atoms with Gasteiger partial charge in [0.15, 0.2) is 0 Å². The summed E-state index contributed by atoms with van der Waals surface area (Å²) in [5, 5.41) is 12.1. The van der Waals surface area contributed by atoms with Crippen LogP contribution < -0.4 is 21.3 Å². The van der Waals surface area contributed by atoms with Gasteiger partial charge in [-0.25, -0.2) is 14.8 Å². The van der Waals surface area contributed by atoms with Crippen LogP contribution in [0.1, 0.15) is 45.9 Å². The minimum Gasteiger partial charge on any atom is -0.438 e. The van der Waals surface area contributed by atoms with Crippen molar-refractivity contribution in [3.8, 4) is 17.7 Å². The third-order valence-electron chi connectivity index (χ3n) is 5.88. The summed E-state index contributed by atoms with van der Waals surface area (Å²) < 4.78 is 6.98. The van der Waals surface area contributed by atoms with Gasteiger partial charge in [-0.2, -0.15) is 5.26 Å². The van der Waals surface area contributed by atoms with Crippen LogP contribution in [0.5, 0.6) is 11.6 Å². The zero-order chi connectivity index (χ0) is 24.7. The molecule has 1 aliphatic carbocycles. The van der Waals surface area contributed by atoms with E-state index in [4.69, 9.17) is 4.74 Å². The topological polar surface area (TPSA) is 143 Å². The van der Waals surface area contributed by atoms with Gasteiger partial charge in [0.2, 0.25) is 5.88 Å². The molecule has 174 valence electrons. The maximum atomic E-state index is 13.3. The van der Waals surface area contributed by atoms with Crippen molar-refractivity contribution in [2.24, 2.45) is 7.05 Å². The molecule has 2 N–H and O–H groups in total. The Kier molecular flexibility index (Phi) is 5.37. The first kappa shape index (κ1) is 22.0. The van der Waals surface area contributed by atoms with E-state index in [-0.39, 0.29) is 28.4 Å². The van der Waals surface area contributed by atoms with E-state index in [0.717, 1.165) is 12.8 Å². The number of H-pyrrole nitrogens is 1. The van der Waals surface area contributed by atoms with Gasteiger partial charge >= 0.3 is 5.69 Å². The van der Waals surface area contributed by atoms with Crippen molar-refractivity contribution in [1.82, 2.24) is 19.5 Å². The number of aromatic nitrogens is 4. The number of rotatable bonds is 5. The molecule has 3 heterocycles. The van der Waals surface area contributed by atoms with E-state index in [0.29, 0.717) is 28.3 Å². The molecule has 4 aromatic rings. The first-order valence-corrected chi connectivity index (χ1v) is 10.9. The highest BCUT2D eigenvalue weighted by Crippen LogP contribution is 2.40. The molecule has 0 bridgehead atoms. The second-order valence-electron chi connectivity index (χ2n) is 8.39. The molecule has 1 saturated carbocycles. The van der Waals surface area contributed by atoms with Crippen LogP contribution in [0.2, 0.25) is 0 Å². The predicted molar refractivity (Wildman–Crippen MR) is 128 cm³/mol. The van der Waals surface area contributed by atoms with Crippen molar-refractivity contribution in [3.05, 3.63) is 85.8 Å². The Labute approximate surface area is 198 Å². The van der Waals surface area contributed by atoms with E-state index in [1.807, 2.05) is 6.07 Å². The van der Waals surface area contributed by atoms with Crippen molar-refractivity contribution >= 4 is 22.6 Å². The highest BCUT2D eigenvalue weighted by molar-refractivity contribution is 6.12. The van der Waals surface area contributed by atoms with Crippen molar-refractivity contribution in [2.45, 2.75) is 25.7 Å². The number of nitrogens with one attached hydrogen (secondary N) is 2. The Balaban J connectivity index is 1.49. The lowest BCUT2D eigenvalue weighted by Crippen LogP contribution is -2.31. The predicted octanol–water partition coefficient (Wildman–Crippen LogP) is 3.12. The quantitative estimate of drug-likeness (QED) is 0.458. The summed E-state index contributed by atoms with van der Waals surface area (Å²) >= 11 is 0. The second-order valence-corrected chi connectivity index (χ2v) is 8.39. The summed E-state index contributed by atoms with van der Waals surface area (Å²) in [7, 11) is 1.51. The third kappa shape index (κ3) is 4.15. The van der Waals surface area contributed by atoms with Crippen LogP contribution in [-0.4, -0.2) is 25.4 Å². The monoisotopic (exact) mass is 468 g/mol.